The maximum absolute atomic E-state index is 8.26. The summed E-state index contributed by atoms with van der Waals surface area (Å²) >= 11 is 0. The molecule has 0 amide bonds. The zero-order valence-corrected chi connectivity index (χ0v) is 7.59. The SMILES string of the molecule is C[SiH](C)C#CCC#CCO. The van der Waals surface area contributed by atoms with Gasteiger partial charge in [0, 0.05) is 0 Å². The lowest BCUT2D eigenvalue weighted by molar-refractivity contribution is 0.350. The minimum absolute atomic E-state index is 0.0548. The van der Waals surface area contributed by atoms with Gasteiger partial charge in [-0.1, -0.05) is 30.9 Å². The molecule has 0 saturated carbocycles. The Kier molecular flexibility index (Phi) is 5.97. The summed E-state index contributed by atoms with van der Waals surface area (Å²) in [5, 5.41) is 8.26. The fraction of sp³-hybridized carbons (Fsp3) is 0.500. The molecule has 0 atom stereocenters. The molecule has 0 spiro atoms. The van der Waals surface area contributed by atoms with E-state index in [9.17, 15) is 0 Å². The molecule has 0 unspecified atom stereocenters. The van der Waals surface area contributed by atoms with Crippen molar-refractivity contribution in [3.8, 4) is 23.3 Å². The van der Waals surface area contributed by atoms with Crippen LogP contribution in [-0.2, 0) is 0 Å². The Bertz CT molecular complexity index is 187. The Morgan fingerprint density at radius 3 is 2.40 bits per heavy atom. The Hall–Kier alpha value is -0.703. The van der Waals surface area contributed by atoms with Crippen LogP contribution in [0.2, 0.25) is 13.1 Å². The monoisotopic (exact) mass is 152 g/mol. The summed E-state index contributed by atoms with van der Waals surface area (Å²) in [6.07, 6.45) is 0.603. The number of hydrogen-bond donors (Lipinski definition) is 1. The van der Waals surface area contributed by atoms with E-state index in [4.69, 9.17) is 5.11 Å². The summed E-state index contributed by atoms with van der Waals surface area (Å²) in [4.78, 5) is 0. The Labute approximate surface area is 64.1 Å². The molecular weight excluding hydrogens is 140 g/mol. The van der Waals surface area contributed by atoms with Gasteiger partial charge in [0.05, 0.1) is 6.42 Å². The standard InChI is InChI=1S/C8H12OSi/c1-10(2)8-6-4-3-5-7-9/h9-10H,4,7H2,1-2H3. The van der Waals surface area contributed by atoms with Gasteiger partial charge in [-0.05, 0) is 0 Å². The van der Waals surface area contributed by atoms with E-state index in [0.717, 1.165) is 0 Å². The second-order valence-corrected chi connectivity index (χ2v) is 4.76. The average molecular weight is 152 g/mol. The third kappa shape index (κ3) is 7.30. The highest BCUT2D eigenvalue weighted by atomic mass is 28.3. The first kappa shape index (κ1) is 9.30. The molecule has 0 aromatic carbocycles. The molecule has 0 aliphatic rings. The smallest absolute Gasteiger partial charge is 0.116 e. The van der Waals surface area contributed by atoms with Crippen LogP contribution in [0.5, 0.6) is 0 Å². The van der Waals surface area contributed by atoms with Crippen molar-refractivity contribution in [1.29, 1.82) is 0 Å². The number of aliphatic hydroxyl groups is 1. The summed E-state index contributed by atoms with van der Waals surface area (Å²) in [5.74, 6) is 8.23. The van der Waals surface area contributed by atoms with Crippen molar-refractivity contribution in [2.45, 2.75) is 19.5 Å². The van der Waals surface area contributed by atoms with Crippen LogP contribution in [0.4, 0.5) is 0 Å². The Balaban J connectivity index is 3.47. The first-order valence-corrected chi connectivity index (χ1v) is 6.21. The highest BCUT2D eigenvalue weighted by Crippen LogP contribution is 1.75. The summed E-state index contributed by atoms with van der Waals surface area (Å²) in [5.41, 5.74) is 3.11. The van der Waals surface area contributed by atoms with E-state index in [1.54, 1.807) is 0 Å². The molecule has 0 heterocycles. The fourth-order valence-electron chi connectivity index (χ4n) is 0.418. The van der Waals surface area contributed by atoms with Gasteiger partial charge in [0.1, 0.15) is 15.4 Å². The molecule has 54 valence electrons. The third-order valence-corrected chi connectivity index (χ3v) is 1.55. The van der Waals surface area contributed by atoms with Gasteiger partial charge >= 0.3 is 0 Å². The summed E-state index contributed by atoms with van der Waals surface area (Å²) in [6, 6.07) is 0. The highest BCUT2D eigenvalue weighted by molar-refractivity contribution is 6.64. The maximum Gasteiger partial charge on any atom is 0.116 e. The first-order chi connectivity index (χ1) is 4.77. The lowest BCUT2D eigenvalue weighted by atomic mass is 10.4. The molecule has 1 nitrogen and oxygen atoms in total. The van der Waals surface area contributed by atoms with Gasteiger partial charge in [0.2, 0.25) is 0 Å². The molecule has 0 fully saturated rings. The van der Waals surface area contributed by atoms with E-state index in [-0.39, 0.29) is 6.61 Å². The maximum atomic E-state index is 8.26. The first-order valence-electron chi connectivity index (χ1n) is 3.32. The molecule has 0 bridgehead atoms. The topological polar surface area (TPSA) is 20.2 Å². The van der Waals surface area contributed by atoms with Gasteiger partial charge in [-0.15, -0.1) is 5.54 Å². The molecule has 2 heteroatoms. The highest BCUT2D eigenvalue weighted by Gasteiger charge is 1.81. The van der Waals surface area contributed by atoms with Crippen molar-refractivity contribution in [1.82, 2.24) is 0 Å². The third-order valence-electron chi connectivity index (χ3n) is 0.772. The van der Waals surface area contributed by atoms with Gasteiger partial charge in [-0.25, -0.2) is 0 Å². The number of aliphatic hydroxyl groups excluding tert-OH is 1. The van der Waals surface area contributed by atoms with Crippen LogP contribution >= 0.6 is 0 Å². The molecule has 0 aromatic heterocycles. The van der Waals surface area contributed by atoms with Crippen molar-refractivity contribution >= 4 is 8.80 Å². The molecule has 0 rings (SSSR count). The van der Waals surface area contributed by atoms with Crippen molar-refractivity contribution in [2.24, 2.45) is 0 Å². The van der Waals surface area contributed by atoms with Crippen molar-refractivity contribution in [3.63, 3.8) is 0 Å². The van der Waals surface area contributed by atoms with E-state index < -0.39 is 8.80 Å². The molecule has 0 aliphatic carbocycles. The number of hydrogen-bond acceptors (Lipinski definition) is 1. The molecule has 0 saturated heterocycles. The zero-order chi connectivity index (χ0) is 7.82. The lowest BCUT2D eigenvalue weighted by Gasteiger charge is -1.81. The van der Waals surface area contributed by atoms with E-state index in [0.29, 0.717) is 6.42 Å². The zero-order valence-electron chi connectivity index (χ0n) is 6.44. The van der Waals surface area contributed by atoms with E-state index >= 15 is 0 Å². The largest absolute Gasteiger partial charge is 0.384 e. The summed E-state index contributed by atoms with van der Waals surface area (Å²) < 4.78 is 0. The van der Waals surface area contributed by atoms with Crippen LogP contribution in [0.15, 0.2) is 0 Å². The Morgan fingerprint density at radius 1 is 1.20 bits per heavy atom. The minimum atomic E-state index is -0.713. The molecule has 0 aliphatic heterocycles. The van der Waals surface area contributed by atoms with Gasteiger partial charge in [0.15, 0.2) is 0 Å². The molecule has 10 heavy (non-hydrogen) atoms. The predicted octanol–water partition coefficient (Wildman–Crippen LogP) is 0.402. The van der Waals surface area contributed by atoms with Crippen LogP contribution in [0, 0.1) is 23.3 Å². The fourth-order valence-corrected chi connectivity index (χ4v) is 0.928. The van der Waals surface area contributed by atoms with Crippen molar-refractivity contribution in [2.75, 3.05) is 6.61 Å². The quantitative estimate of drug-likeness (QED) is 0.393. The summed E-state index contributed by atoms with van der Waals surface area (Å²) in [6.45, 7) is 4.29. The summed E-state index contributed by atoms with van der Waals surface area (Å²) in [7, 11) is -0.713. The van der Waals surface area contributed by atoms with E-state index in [1.807, 2.05) is 0 Å². The number of rotatable bonds is 0. The van der Waals surface area contributed by atoms with Gasteiger partial charge in [-0.3, -0.25) is 0 Å². The van der Waals surface area contributed by atoms with E-state index in [2.05, 4.69) is 36.4 Å². The van der Waals surface area contributed by atoms with Crippen LogP contribution in [0.1, 0.15) is 6.42 Å². The van der Waals surface area contributed by atoms with Gasteiger partial charge in [0.25, 0.3) is 0 Å². The van der Waals surface area contributed by atoms with Gasteiger partial charge < -0.3 is 5.11 Å². The normalized spacial score (nSPS) is 7.60. The van der Waals surface area contributed by atoms with Crippen molar-refractivity contribution < 1.29 is 5.11 Å². The van der Waals surface area contributed by atoms with Crippen LogP contribution in [0.25, 0.3) is 0 Å². The van der Waals surface area contributed by atoms with Crippen LogP contribution in [0.3, 0.4) is 0 Å². The molecule has 0 aromatic rings. The van der Waals surface area contributed by atoms with Crippen molar-refractivity contribution in [3.05, 3.63) is 0 Å². The average Bonchev–Trinajstić information content (AvgIpc) is 1.87. The molecular formula is C8H12OSi. The minimum Gasteiger partial charge on any atom is -0.384 e. The molecule has 1 N–H and O–H groups in total. The second kappa shape index (κ2) is 6.42. The van der Waals surface area contributed by atoms with Gasteiger partial charge in [-0.2, -0.15) is 0 Å². The second-order valence-electron chi connectivity index (χ2n) is 2.16. The predicted molar refractivity (Wildman–Crippen MR) is 46.1 cm³/mol. The lowest BCUT2D eigenvalue weighted by Crippen LogP contribution is -1.92. The van der Waals surface area contributed by atoms with Crippen LogP contribution < -0.4 is 0 Å². The molecule has 0 radical (unpaired) electrons. The Morgan fingerprint density at radius 2 is 1.90 bits per heavy atom. The van der Waals surface area contributed by atoms with Crippen LogP contribution in [-0.4, -0.2) is 20.5 Å². The van der Waals surface area contributed by atoms with E-state index in [1.165, 1.54) is 0 Å².